The van der Waals surface area contributed by atoms with Crippen LogP contribution < -0.4 is 4.90 Å². The van der Waals surface area contributed by atoms with E-state index in [1.807, 2.05) is 31.7 Å². The molecule has 0 spiro atoms. The monoisotopic (exact) mass is 409 g/mol. The van der Waals surface area contributed by atoms with E-state index in [2.05, 4.69) is 15.0 Å². The molecule has 1 fully saturated rings. The summed E-state index contributed by atoms with van der Waals surface area (Å²) in [7, 11) is 0. The minimum atomic E-state index is -0.409. The molecule has 1 aliphatic heterocycles. The normalized spacial score (nSPS) is 14.5. The van der Waals surface area contributed by atoms with Gasteiger partial charge in [-0.25, -0.2) is 4.98 Å². The number of hydrogen-bond acceptors (Lipinski definition) is 7. The molecular weight excluding hydrogens is 386 g/mol. The third-order valence-electron chi connectivity index (χ3n) is 5.45. The van der Waals surface area contributed by atoms with E-state index in [0.29, 0.717) is 48.5 Å². The van der Waals surface area contributed by atoms with Crippen molar-refractivity contribution in [3.8, 4) is 0 Å². The first kappa shape index (κ1) is 19.8. The van der Waals surface area contributed by atoms with Gasteiger partial charge in [0, 0.05) is 49.7 Å². The summed E-state index contributed by atoms with van der Waals surface area (Å²) in [6.45, 7) is 8.27. The third kappa shape index (κ3) is 3.58. The number of carbonyl (C=O) groups is 1. The Morgan fingerprint density at radius 3 is 2.43 bits per heavy atom. The van der Waals surface area contributed by atoms with Gasteiger partial charge in [-0.15, -0.1) is 0 Å². The number of fused-ring (bicyclic) bond motifs is 1. The van der Waals surface area contributed by atoms with Crippen LogP contribution in [-0.4, -0.2) is 52.1 Å². The van der Waals surface area contributed by atoms with E-state index < -0.39 is 4.92 Å². The van der Waals surface area contributed by atoms with Crippen LogP contribution in [0.4, 0.5) is 11.4 Å². The van der Waals surface area contributed by atoms with Crippen LogP contribution in [0.3, 0.4) is 0 Å². The highest BCUT2D eigenvalue weighted by Crippen LogP contribution is 2.27. The topological polar surface area (TPSA) is 106 Å². The molecule has 1 amide bonds. The standard InChI is InChI=1S/C21H23N5O4/c1-13(2)18-12-17(19-14(3)23-30-20(19)22-18)21(27)25-10-8-24(9-11-25)15-4-6-16(7-5-15)26(28)29/h4-7,12-13H,8-11H2,1-3H3. The zero-order valence-corrected chi connectivity index (χ0v) is 17.2. The van der Waals surface area contributed by atoms with Gasteiger partial charge in [-0.1, -0.05) is 19.0 Å². The van der Waals surface area contributed by atoms with Gasteiger partial charge < -0.3 is 14.3 Å². The number of hydrogen-bond donors (Lipinski definition) is 0. The second kappa shape index (κ2) is 7.74. The van der Waals surface area contributed by atoms with Gasteiger partial charge in [0.2, 0.25) is 0 Å². The second-order valence-corrected chi connectivity index (χ2v) is 7.75. The zero-order chi connectivity index (χ0) is 21.4. The summed E-state index contributed by atoms with van der Waals surface area (Å²) >= 11 is 0. The lowest BCUT2D eigenvalue weighted by Gasteiger charge is -2.36. The maximum absolute atomic E-state index is 13.3. The van der Waals surface area contributed by atoms with Crippen molar-refractivity contribution in [1.29, 1.82) is 0 Å². The Hall–Kier alpha value is -3.49. The molecule has 3 heterocycles. The fourth-order valence-electron chi connectivity index (χ4n) is 3.70. The maximum Gasteiger partial charge on any atom is 0.269 e. The lowest BCUT2D eigenvalue weighted by molar-refractivity contribution is -0.384. The van der Waals surface area contributed by atoms with Gasteiger partial charge in [-0.05, 0) is 31.0 Å². The molecule has 0 unspecified atom stereocenters. The summed E-state index contributed by atoms with van der Waals surface area (Å²) in [6, 6.07) is 8.35. The van der Waals surface area contributed by atoms with E-state index in [1.165, 1.54) is 12.1 Å². The number of rotatable bonds is 4. The lowest BCUT2D eigenvalue weighted by atomic mass is 10.0. The molecule has 0 saturated carbocycles. The summed E-state index contributed by atoms with van der Waals surface area (Å²) in [5, 5.41) is 15.5. The van der Waals surface area contributed by atoms with Crippen molar-refractivity contribution in [2.24, 2.45) is 0 Å². The molecule has 2 aromatic heterocycles. The molecule has 30 heavy (non-hydrogen) atoms. The molecular formula is C21H23N5O4. The molecule has 0 bridgehead atoms. The Kier molecular flexibility index (Phi) is 5.11. The van der Waals surface area contributed by atoms with Crippen LogP contribution >= 0.6 is 0 Å². The van der Waals surface area contributed by atoms with Gasteiger partial charge in [0.05, 0.1) is 21.6 Å². The number of aryl methyl sites for hydroxylation is 1. The van der Waals surface area contributed by atoms with Crippen LogP contribution in [0.25, 0.3) is 11.1 Å². The molecule has 4 rings (SSSR count). The number of anilines is 1. The van der Waals surface area contributed by atoms with Crippen molar-refractivity contribution in [2.45, 2.75) is 26.7 Å². The molecule has 0 N–H and O–H groups in total. The molecule has 3 aromatic rings. The van der Waals surface area contributed by atoms with Crippen LogP contribution in [0.1, 0.15) is 41.5 Å². The molecule has 1 aliphatic rings. The van der Waals surface area contributed by atoms with Crippen molar-refractivity contribution in [3.63, 3.8) is 0 Å². The van der Waals surface area contributed by atoms with Gasteiger partial charge in [0.15, 0.2) is 0 Å². The highest BCUT2D eigenvalue weighted by atomic mass is 16.6. The Morgan fingerprint density at radius 1 is 1.17 bits per heavy atom. The third-order valence-corrected chi connectivity index (χ3v) is 5.45. The molecule has 1 aromatic carbocycles. The molecule has 156 valence electrons. The van der Waals surface area contributed by atoms with Crippen LogP contribution in [0.5, 0.6) is 0 Å². The highest BCUT2D eigenvalue weighted by molar-refractivity contribution is 6.06. The summed E-state index contributed by atoms with van der Waals surface area (Å²) in [4.78, 5) is 32.2. The number of benzene rings is 1. The summed E-state index contributed by atoms with van der Waals surface area (Å²) in [5.74, 6) is 0.101. The first-order valence-electron chi connectivity index (χ1n) is 9.90. The van der Waals surface area contributed by atoms with Crippen LogP contribution in [0.15, 0.2) is 34.9 Å². The first-order chi connectivity index (χ1) is 14.3. The fourth-order valence-corrected chi connectivity index (χ4v) is 3.70. The average molecular weight is 409 g/mol. The van der Waals surface area contributed by atoms with Gasteiger partial charge in [0.25, 0.3) is 17.3 Å². The number of amides is 1. The Morgan fingerprint density at radius 2 is 1.83 bits per heavy atom. The average Bonchev–Trinajstić information content (AvgIpc) is 3.13. The van der Waals surface area contributed by atoms with Gasteiger partial charge in [-0.3, -0.25) is 14.9 Å². The van der Waals surface area contributed by atoms with E-state index in [4.69, 9.17) is 4.52 Å². The molecule has 9 nitrogen and oxygen atoms in total. The quantitative estimate of drug-likeness (QED) is 0.479. The largest absolute Gasteiger partial charge is 0.368 e. The minimum absolute atomic E-state index is 0.0565. The molecule has 0 atom stereocenters. The van der Waals surface area contributed by atoms with E-state index in [-0.39, 0.29) is 17.5 Å². The van der Waals surface area contributed by atoms with Crippen molar-refractivity contribution >= 4 is 28.4 Å². The molecule has 1 saturated heterocycles. The van der Waals surface area contributed by atoms with Crippen molar-refractivity contribution in [2.75, 3.05) is 31.1 Å². The van der Waals surface area contributed by atoms with Gasteiger partial charge >= 0.3 is 0 Å². The van der Waals surface area contributed by atoms with E-state index in [0.717, 1.165) is 11.4 Å². The number of non-ortho nitro benzene ring substituents is 1. The van der Waals surface area contributed by atoms with Gasteiger partial charge in [-0.2, -0.15) is 0 Å². The fraction of sp³-hybridized carbons (Fsp3) is 0.381. The highest BCUT2D eigenvalue weighted by Gasteiger charge is 2.27. The van der Waals surface area contributed by atoms with E-state index >= 15 is 0 Å². The predicted octanol–water partition coefficient (Wildman–Crippen LogP) is 3.53. The van der Waals surface area contributed by atoms with Crippen molar-refractivity contribution < 1.29 is 14.2 Å². The maximum atomic E-state index is 13.3. The van der Waals surface area contributed by atoms with E-state index in [1.54, 1.807) is 12.1 Å². The minimum Gasteiger partial charge on any atom is -0.368 e. The Labute approximate surface area is 173 Å². The van der Waals surface area contributed by atoms with Crippen molar-refractivity contribution in [1.82, 2.24) is 15.0 Å². The number of nitro groups is 1. The number of piperazine rings is 1. The number of carbonyl (C=O) groups excluding carboxylic acids is 1. The summed E-state index contributed by atoms with van der Waals surface area (Å²) in [6.07, 6.45) is 0. The van der Waals surface area contributed by atoms with Crippen LogP contribution in [0, 0.1) is 17.0 Å². The summed E-state index contributed by atoms with van der Waals surface area (Å²) in [5.41, 5.74) is 3.40. The SMILES string of the molecule is Cc1noc2nc(C(C)C)cc(C(=O)N3CCN(c4ccc([N+](=O)[O-])cc4)CC3)c12. The number of pyridine rings is 1. The first-order valence-corrected chi connectivity index (χ1v) is 9.90. The number of nitro benzene ring substituents is 1. The predicted molar refractivity (Wildman–Crippen MR) is 112 cm³/mol. The smallest absolute Gasteiger partial charge is 0.269 e. The number of nitrogens with zero attached hydrogens (tertiary/aromatic N) is 5. The van der Waals surface area contributed by atoms with E-state index in [9.17, 15) is 14.9 Å². The summed E-state index contributed by atoms with van der Waals surface area (Å²) < 4.78 is 5.33. The van der Waals surface area contributed by atoms with Gasteiger partial charge in [0.1, 0.15) is 0 Å². The van der Waals surface area contributed by atoms with Crippen LogP contribution in [0.2, 0.25) is 0 Å². The lowest BCUT2D eigenvalue weighted by Crippen LogP contribution is -2.48. The molecule has 0 radical (unpaired) electrons. The van der Waals surface area contributed by atoms with Crippen LogP contribution in [-0.2, 0) is 0 Å². The zero-order valence-electron chi connectivity index (χ0n) is 17.2. The molecule has 9 heteroatoms. The number of aromatic nitrogens is 2. The Balaban J connectivity index is 1.53. The Bertz CT molecular complexity index is 1100. The second-order valence-electron chi connectivity index (χ2n) is 7.75. The molecule has 0 aliphatic carbocycles. The van der Waals surface area contributed by atoms with Crippen molar-refractivity contribution in [3.05, 3.63) is 57.4 Å².